The Morgan fingerprint density at radius 2 is 2.19 bits per heavy atom. The predicted octanol–water partition coefficient (Wildman–Crippen LogP) is -0.112. The molecule has 96 valence electrons. The lowest BCUT2D eigenvalue weighted by Crippen LogP contribution is -2.38. The third-order valence-electron chi connectivity index (χ3n) is 2.38. The smallest absolute Gasteiger partial charge is 0.233 e. The summed E-state index contributed by atoms with van der Waals surface area (Å²) in [4.78, 5) is 11.3. The lowest BCUT2D eigenvalue weighted by atomic mass is 10.2. The number of hydrogen-bond acceptors (Lipinski definition) is 4. The normalized spacial score (nSPS) is 14.5. The minimum Gasteiger partial charge on any atom is -0.391 e. The lowest BCUT2D eigenvalue weighted by molar-refractivity contribution is -0.120. The largest absolute Gasteiger partial charge is 0.391 e. The molecule has 16 heavy (non-hydrogen) atoms. The van der Waals surface area contributed by atoms with Crippen molar-refractivity contribution in [1.29, 1.82) is 0 Å². The molecule has 5 nitrogen and oxygen atoms in total. The Hall–Kier alpha value is -0.650. The summed E-state index contributed by atoms with van der Waals surface area (Å²) in [5.41, 5.74) is 0. The fraction of sp³-hybridized carbons (Fsp3) is 0.909. The number of carbonyl (C=O) groups excluding carboxylic acids is 1. The molecule has 0 aromatic rings. The van der Waals surface area contributed by atoms with E-state index in [4.69, 9.17) is 4.74 Å². The average molecular weight is 232 g/mol. The molecule has 0 saturated carbocycles. The summed E-state index contributed by atoms with van der Waals surface area (Å²) >= 11 is 0. The van der Waals surface area contributed by atoms with Crippen molar-refractivity contribution in [3.8, 4) is 0 Å². The van der Waals surface area contributed by atoms with E-state index in [-0.39, 0.29) is 5.91 Å². The molecule has 1 amide bonds. The van der Waals surface area contributed by atoms with Crippen LogP contribution in [0.1, 0.15) is 26.7 Å². The van der Waals surface area contributed by atoms with Gasteiger partial charge in [0.1, 0.15) is 0 Å². The summed E-state index contributed by atoms with van der Waals surface area (Å²) in [6, 6.07) is 0.352. The highest BCUT2D eigenvalue weighted by Gasteiger charge is 2.06. The van der Waals surface area contributed by atoms with Crippen molar-refractivity contribution in [2.75, 3.05) is 26.8 Å². The highest BCUT2D eigenvalue weighted by atomic mass is 16.5. The third-order valence-corrected chi connectivity index (χ3v) is 2.38. The fourth-order valence-corrected chi connectivity index (χ4v) is 1.13. The standard InChI is InChI=1S/C11H24N2O3/c1-4-9(2)13-7-11(15)12-6-5-10(14)8-16-3/h9-10,13-14H,4-8H2,1-3H3,(H,12,15). The zero-order valence-electron chi connectivity index (χ0n) is 10.5. The van der Waals surface area contributed by atoms with Gasteiger partial charge in [0.05, 0.1) is 19.3 Å². The number of amides is 1. The highest BCUT2D eigenvalue weighted by molar-refractivity contribution is 5.77. The maximum atomic E-state index is 11.3. The molecule has 2 atom stereocenters. The molecular formula is C11H24N2O3. The maximum absolute atomic E-state index is 11.3. The van der Waals surface area contributed by atoms with E-state index in [0.717, 1.165) is 6.42 Å². The number of nitrogens with one attached hydrogen (secondary N) is 2. The Morgan fingerprint density at radius 3 is 2.75 bits per heavy atom. The molecule has 5 heteroatoms. The van der Waals surface area contributed by atoms with Crippen molar-refractivity contribution in [3.05, 3.63) is 0 Å². The van der Waals surface area contributed by atoms with E-state index in [1.54, 1.807) is 0 Å². The number of rotatable bonds is 9. The van der Waals surface area contributed by atoms with Crippen LogP contribution in [0.5, 0.6) is 0 Å². The molecule has 0 saturated heterocycles. The van der Waals surface area contributed by atoms with Gasteiger partial charge in [-0.1, -0.05) is 6.92 Å². The number of ether oxygens (including phenoxy) is 1. The number of hydrogen-bond donors (Lipinski definition) is 3. The van der Waals surface area contributed by atoms with Gasteiger partial charge < -0.3 is 20.5 Å². The van der Waals surface area contributed by atoms with Crippen molar-refractivity contribution < 1.29 is 14.6 Å². The molecule has 0 aliphatic rings. The van der Waals surface area contributed by atoms with E-state index < -0.39 is 6.10 Å². The minimum atomic E-state index is -0.507. The molecule has 0 aliphatic heterocycles. The Bertz CT molecular complexity index is 188. The first kappa shape index (κ1) is 15.3. The Kier molecular flexibility index (Phi) is 9.18. The van der Waals surface area contributed by atoms with Crippen LogP contribution >= 0.6 is 0 Å². The molecule has 0 radical (unpaired) electrons. The Morgan fingerprint density at radius 1 is 1.50 bits per heavy atom. The molecule has 0 rings (SSSR count). The van der Waals surface area contributed by atoms with Gasteiger partial charge >= 0.3 is 0 Å². The topological polar surface area (TPSA) is 70.6 Å². The van der Waals surface area contributed by atoms with Crippen LogP contribution in [0.2, 0.25) is 0 Å². The number of aliphatic hydroxyl groups excluding tert-OH is 1. The van der Waals surface area contributed by atoms with E-state index in [2.05, 4.69) is 17.6 Å². The van der Waals surface area contributed by atoms with E-state index in [1.165, 1.54) is 7.11 Å². The summed E-state index contributed by atoms with van der Waals surface area (Å²) < 4.78 is 4.78. The third kappa shape index (κ3) is 8.64. The van der Waals surface area contributed by atoms with Crippen molar-refractivity contribution in [3.63, 3.8) is 0 Å². The molecule has 0 spiro atoms. The average Bonchev–Trinajstić information content (AvgIpc) is 2.26. The van der Waals surface area contributed by atoms with Crippen LogP contribution in [0, 0.1) is 0 Å². The second-order valence-electron chi connectivity index (χ2n) is 3.94. The summed E-state index contributed by atoms with van der Waals surface area (Å²) in [6.45, 7) is 5.22. The summed E-state index contributed by atoms with van der Waals surface area (Å²) in [7, 11) is 1.54. The van der Waals surface area contributed by atoms with Crippen LogP contribution in [0.25, 0.3) is 0 Å². The molecule has 3 N–H and O–H groups in total. The van der Waals surface area contributed by atoms with Crippen molar-refractivity contribution in [2.24, 2.45) is 0 Å². The van der Waals surface area contributed by atoms with E-state index in [9.17, 15) is 9.90 Å². The van der Waals surface area contributed by atoms with Crippen molar-refractivity contribution in [1.82, 2.24) is 10.6 Å². The van der Waals surface area contributed by atoms with Gasteiger partial charge in [-0.3, -0.25) is 4.79 Å². The first-order valence-electron chi connectivity index (χ1n) is 5.77. The quantitative estimate of drug-likeness (QED) is 0.519. The molecule has 0 fully saturated rings. The van der Waals surface area contributed by atoms with E-state index in [1.807, 2.05) is 6.92 Å². The highest BCUT2D eigenvalue weighted by Crippen LogP contribution is 1.90. The van der Waals surface area contributed by atoms with Crippen LogP contribution in [-0.4, -0.2) is 50.0 Å². The molecule has 0 bridgehead atoms. The second kappa shape index (κ2) is 9.57. The van der Waals surface area contributed by atoms with Gasteiger partial charge in [-0.05, 0) is 19.8 Å². The maximum Gasteiger partial charge on any atom is 0.233 e. The number of carbonyl (C=O) groups is 1. The lowest BCUT2D eigenvalue weighted by Gasteiger charge is -2.12. The van der Waals surface area contributed by atoms with Crippen molar-refractivity contribution >= 4 is 5.91 Å². The molecule has 0 aromatic heterocycles. The van der Waals surface area contributed by atoms with Crippen LogP contribution in [0.4, 0.5) is 0 Å². The first-order valence-corrected chi connectivity index (χ1v) is 5.77. The van der Waals surface area contributed by atoms with Crippen molar-refractivity contribution in [2.45, 2.75) is 38.8 Å². The molecule has 0 aliphatic carbocycles. The summed E-state index contributed by atoms with van der Waals surface area (Å²) in [5, 5.41) is 15.2. The van der Waals surface area contributed by atoms with Gasteiger partial charge in [0.25, 0.3) is 0 Å². The number of methoxy groups -OCH3 is 1. The summed E-state index contributed by atoms with van der Waals surface area (Å²) in [5.74, 6) is -0.0371. The molecular weight excluding hydrogens is 208 g/mol. The molecule has 2 unspecified atom stereocenters. The molecule has 0 aromatic carbocycles. The Labute approximate surface area is 97.6 Å². The number of aliphatic hydroxyl groups is 1. The Balaban J connectivity index is 3.43. The van der Waals surface area contributed by atoms with E-state index in [0.29, 0.717) is 32.2 Å². The predicted molar refractivity (Wildman–Crippen MR) is 63.3 cm³/mol. The van der Waals surface area contributed by atoms with E-state index >= 15 is 0 Å². The van der Waals surface area contributed by atoms with Gasteiger partial charge in [0, 0.05) is 19.7 Å². The zero-order chi connectivity index (χ0) is 12.4. The fourth-order valence-electron chi connectivity index (χ4n) is 1.13. The van der Waals surface area contributed by atoms with Crippen LogP contribution < -0.4 is 10.6 Å². The summed E-state index contributed by atoms with van der Waals surface area (Å²) in [6.07, 6.45) is 1.01. The molecule has 0 heterocycles. The zero-order valence-corrected chi connectivity index (χ0v) is 10.5. The SMILES string of the molecule is CCC(C)NCC(=O)NCCC(O)COC. The second-order valence-corrected chi connectivity index (χ2v) is 3.94. The first-order chi connectivity index (χ1) is 7.60. The minimum absolute atomic E-state index is 0.0371. The van der Waals surface area contributed by atoms with Gasteiger partial charge in [0.2, 0.25) is 5.91 Å². The monoisotopic (exact) mass is 232 g/mol. The van der Waals surface area contributed by atoms with Gasteiger partial charge in [-0.2, -0.15) is 0 Å². The van der Waals surface area contributed by atoms with Gasteiger partial charge in [0.15, 0.2) is 0 Å². The van der Waals surface area contributed by atoms with Crippen LogP contribution in [0.3, 0.4) is 0 Å². The van der Waals surface area contributed by atoms with Crippen LogP contribution in [0.15, 0.2) is 0 Å². The van der Waals surface area contributed by atoms with Crippen LogP contribution in [-0.2, 0) is 9.53 Å². The van der Waals surface area contributed by atoms with Gasteiger partial charge in [-0.25, -0.2) is 0 Å². The van der Waals surface area contributed by atoms with Gasteiger partial charge in [-0.15, -0.1) is 0 Å².